The molecule has 2 bridgehead atoms. The molecule has 3 aliphatic heterocycles. The van der Waals surface area contributed by atoms with Crippen LogP contribution >= 0.6 is 0 Å². The fourth-order valence-corrected chi connectivity index (χ4v) is 7.88. The van der Waals surface area contributed by atoms with Crippen molar-refractivity contribution in [3.8, 4) is 0 Å². The van der Waals surface area contributed by atoms with Crippen LogP contribution in [0.25, 0.3) is 0 Å². The molecule has 1 saturated carbocycles. The molecule has 4 rings (SSSR count). The van der Waals surface area contributed by atoms with Crippen LogP contribution in [0.5, 0.6) is 0 Å². The molecule has 212 valence electrons. The Kier molecular flexibility index (Phi) is 9.03. The first-order chi connectivity index (χ1) is 18.4. The SMILES string of the molecule is C=CCN(CCC)C(=O)[C@H]1[C@H]2C(=O)N(CCCO)C(C(=O)N(CC=C)C3CCCCC3)C23CC[C@]1(CC)O3. The summed E-state index contributed by atoms with van der Waals surface area (Å²) in [6.07, 6.45) is 11.7. The van der Waals surface area contributed by atoms with Crippen LogP contribution in [0.15, 0.2) is 25.3 Å². The Bertz CT molecular complexity index is 918. The summed E-state index contributed by atoms with van der Waals surface area (Å²) in [5.41, 5.74) is -1.78. The highest BCUT2D eigenvalue weighted by Gasteiger charge is 2.79. The summed E-state index contributed by atoms with van der Waals surface area (Å²) in [7, 11) is 0. The lowest BCUT2D eigenvalue weighted by atomic mass is 9.64. The molecule has 4 fully saturated rings. The van der Waals surface area contributed by atoms with Gasteiger partial charge in [0.25, 0.3) is 0 Å². The van der Waals surface area contributed by atoms with Crippen molar-refractivity contribution in [2.24, 2.45) is 11.8 Å². The second kappa shape index (κ2) is 11.9. The molecule has 0 aromatic rings. The summed E-state index contributed by atoms with van der Waals surface area (Å²) < 4.78 is 6.92. The van der Waals surface area contributed by atoms with Crippen LogP contribution < -0.4 is 0 Å². The Morgan fingerprint density at radius 1 is 1.11 bits per heavy atom. The third-order valence-corrected chi connectivity index (χ3v) is 9.52. The largest absolute Gasteiger partial charge is 0.396 e. The highest BCUT2D eigenvalue weighted by atomic mass is 16.5. The van der Waals surface area contributed by atoms with Crippen molar-refractivity contribution in [2.75, 3.05) is 32.8 Å². The van der Waals surface area contributed by atoms with Crippen LogP contribution in [0.1, 0.15) is 78.1 Å². The van der Waals surface area contributed by atoms with Crippen LogP contribution in [0, 0.1) is 11.8 Å². The van der Waals surface area contributed by atoms with Gasteiger partial charge in [0, 0.05) is 38.8 Å². The van der Waals surface area contributed by atoms with Gasteiger partial charge in [-0.15, -0.1) is 13.2 Å². The topological polar surface area (TPSA) is 90.4 Å². The number of amides is 3. The van der Waals surface area contributed by atoms with Gasteiger partial charge in [0.2, 0.25) is 17.7 Å². The number of carbonyl (C=O) groups excluding carboxylic acids is 3. The third-order valence-electron chi connectivity index (χ3n) is 9.52. The Balaban J connectivity index is 1.77. The van der Waals surface area contributed by atoms with Gasteiger partial charge >= 0.3 is 0 Å². The fraction of sp³-hybridized carbons (Fsp3) is 0.767. The van der Waals surface area contributed by atoms with E-state index in [2.05, 4.69) is 13.2 Å². The molecule has 4 aliphatic rings. The van der Waals surface area contributed by atoms with E-state index in [4.69, 9.17) is 4.74 Å². The molecule has 3 heterocycles. The first-order valence-electron chi connectivity index (χ1n) is 14.8. The molecule has 38 heavy (non-hydrogen) atoms. The maximum absolute atomic E-state index is 14.5. The standard InChI is InChI=1S/C30H47N3O5/c1-5-17-31(18-6-2)26(35)23-24-27(36)33(20-12-21-34)25(30(24)16-15-29(23,8-4)38-30)28(37)32(19-7-3)22-13-10-9-11-14-22/h5,7,22-25,34H,1,3,6,8-21H2,2,4H3/t23-,24+,25?,29+,30?/m1/s1. The van der Waals surface area contributed by atoms with Crippen molar-refractivity contribution in [3.63, 3.8) is 0 Å². The average Bonchev–Trinajstić information content (AvgIpc) is 3.53. The van der Waals surface area contributed by atoms with Gasteiger partial charge in [0.15, 0.2) is 0 Å². The van der Waals surface area contributed by atoms with Gasteiger partial charge in [-0.1, -0.05) is 45.3 Å². The molecular formula is C30H47N3O5. The summed E-state index contributed by atoms with van der Waals surface area (Å²) in [6.45, 7) is 13.4. The van der Waals surface area contributed by atoms with Crippen molar-refractivity contribution >= 4 is 17.7 Å². The Labute approximate surface area is 228 Å². The number of fused-ring (bicyclic) bond motifs is 1. The minimum absolute atomic E-state index is 0.0704. The second-order valence-corrected chi connectivity index (χ2v) is 11.6. The number of nitrogens with zero attached hydrogens (tertiary/aromatic N) is 3. The van der Waals surface area contributed by atoms with Gasteiger partial charge in [-0.2, -0.15) is 0 Å². The summed E-state index contributed by atoms with van der Waals surface area (Å²) >= 11 is 0. The zero-order chi connectivity index (χ0) is 27.5. The van der Waals surface area contributed by atoms with Gasteiger partial charge < -0.3 is 24.5 Å². The van der Waals surface area contributed by atoms with E-state index >= 15 is 0 Å². The fourth-order valence-electron chi connectivity index (χ4n) is 7.88. The molecule has 8 nitrogen and oxygen atoms in total. The van der Waals surface area contributed by atoms with Gasteiger partial charge in [-0.3, -0.25) is 14.4 Å². The lowest BCUT2D eigenvalue weighted by Crippen LogP contribution is -2.58. The van der Waals surface area contributed by atoms with Gasteiger partial charge in [-0.25, -0.2) is 0 Å². The predicted octanol–water partition coefficient (Wildman–Crippen LogP) is 3.30. The van der Waals surface area contributed by atoms with E-state index in [1.165, 1.54) is 6.42 Å². The van der Waals surface area contributed by atoms with Crippen LogP contribution in [0.3, 0.4) is 0 Å². The van der Waals surface area contributed by atoms with Gasteiger partial charge in [0.05, 0.1) is 17.4 Å². The number of aliphatic hydroxyl groups excluding tert-OH is 1. The summed E-state index contributed by atoms with van der Waals surface area (Å²) in [4.78, 5) is 48.2. The number of likely N-dealkylation sites (tertiary alicyclic amines) is 1. The van der Waals surface area contributed by atoms with E-state index < -0.39 is 29.1 Å². The molecule has 8 heteroatoms. The second-order valence-electron chi connectivity index (χ2n) is 11.6. The van der Waals surface area contributed by atoms with E-state index in [0.29, 0.717) is 45.3 Å². The number of hydrogen-bond donors (Lipinski definition) is 1. The molecule has 0 radical (unpaired) electrons. The number of carbonyl (C=O) groups is 3. The van der Waals surface area contributed by atoms with Crippen molar-refractivity contribution in [1.29, 1.82) is 0 Å². The van der Waals surface area contributed by atoms with E-state index in [1.807, 2.05) is 18.7 Å². The smallest absolute Gasteiger partial charge is 0.248 e. The van der Waals surface area contributed by atoms with Crippen molar-refractivity contribution < 1.29 is 24.2 Å². The summed E-state index contributed by atoms with van der Waals surface area (Å²) in [5, 5.41) is 9.63. The molecule has 0 aromatic carbocycles. The van der Waals surface area contributed by atoms with Gasteiger partial charge in [-0.05, 0) is 44.9 Å². The molecule has 3 saturated heterocycles. The van der Waals surface area contributed by atoms with Crippen molar-refractivity contribution in [2.45, 2.75) is 101 Å². The van der Waals surface area contributed by atoms with Crippen molar-refractivity contribution in [3.05, 3.63) is 25.3 Å². The highest BCUT2D eigenvalue weighted by molar-refractivity contribution is 5.99. The third kappa shape index (κ3) is 4.61. The maximum Gasteiger partial charge on any atom is 0.248 e. The number of ether oxygens (including phenoxy) is 1. The van der Waals surface area contributed by atoms with E-state index in [0.717, 1.165) is 32.1 Å². The van der Waals surface area contributed by atoms with Crippen LogP contribution in [0.4, 0.5) is 0 Å². The zero-order valence-electron chi connectivity index (χ0n) is 23.4. The highest BCUT2D eigenvalue weighted by Crippen LogP contribution is 2.64. The van der Waals surface area contributed by atoms with Crippen LogP contribution in [0.2, 0.25) is 0 Å². The Hall–Kier alpha value is -2.19. The Morgan fingerprint density at radius 2 is 1.82 bits per heavy atom. The molecule has 5 atom stereocenters. The van der Waals surface area contributed by atoms with Crippen molar-refractivity contribution in [1.82, 2.24) is 14.7 Å². The summed E-state index contributed by atoms with van der Waals surface area (Å²) in [6, 6.07) is -0.679. The molecule has 0 aromatic heterocycles. The normalized spacial score (nSPS) is 32.3. The minimum Gasteiger partial charge on any atom is -0.396 e. The summed E-state index contributed by atoms with van der Waals surface area (Å²) in [5.74, 6) is -1.67. The lowest BCUT2D eigenvalue weighted by Gasteiger charge is -2.40. The van der Waals surface area contributed by atoms with E-state index in [9.17, 15) is 19.5 Å². The van der Waals surface area contributed by atoms with Crippen LogP contribution in [-0.4, -0.2) is 93.6 Å². The van der Waals surface area contributed by atoms with E-state index in [-0.39, 0.29) is 36.9 Å². The quantitative estimate of drug-likeness (QED) is 0.370. The first kappa shape index (κ1) is 28.8. The zero-order valence-corrected chi connectivity index (χ0v) is 23.4. The molecule has 3 amide bonds. The maximum atomic E-state index is 14.5. The number of hydrogen-bond acceptors (Lipinski definition) is 5. The van der Waals surface area contributed by atoms with Gasteiger partial charge in [0.1, 0.15) is 11.6 Å². The molecular weight excluding hydrogens is 482 g/mol. The lowest BCUT2D eigenvalue weighted by molar-refractivity contribution is -0.156. The van der Waals surface area contributed by atoms with Crippen LogP contribution in [-0.2, 0) is 19.1 Å². The average molecular weight is 530 g/mol. The predicted molar refractivity (Wildman–Crippen MR) is 146 cm³/mol. The Morgan fingerprint density at radius 3 is 2.42 bits per heavy atom. The molecule has 1 aliphatic carbocycles. The monoisotopic (exact) mass is 529 g/mol. The number of rotatable bonds is 13. The minimum atomic E-state index is -1.03. The molecule has 1 N–H and O–H groups in total. The van der Waals surface area contributed by atoms with E-state index in [1.54, 1.807) is 22.0 Å². The number of aliphatic hydroxyl groups is 1. The molecule has 1 spiro atoms. The molecule has 2 unspecified atom stereocenters. The first-order valence-corrected chi connectivity index (χ1v) is 14.8.